The van der Waals surface area contributed by atoms with Crippen LogP contribution in [0.15, 0.2) is 78.9 Å². The van der Waals surface area contributed by atoms with Crippen molar-refractivity contribution in [3.05, 3.63) is 107 Å². The second-order valence-electron chi connectivity index (χ2n) is 11.8. The number of aliphatic hydroxyl groups is 1. The molecule has 8 nitrogen and oxygen atoms in total. The minimum Gasteiger partial charge on any atom is -0.508 e. The highest BCUT2D eigenvalue weighted by Crippen LogP contribution is 2.50. The van der Waals surface area contributed by atoms with Gasteiger partial charge in [0.2, 0.25) is 5.75 Å². The Kier molecular flexibility index (Phi) is 10.1. The Bertz CT molecular complexity index is 1620. The van der Waals surface area contributed by atoms with Gasteiger partial charge in [-0.2, -0.15) is 0 Å². The number of rotatable bonds is 13. The van der Waals surface area contributed by atoms with Gasteiger partial charge in [-0.15, -0.1) is 0 Å². The molecule has 8 heteroatoms. The largest absolute Gasteiger partial charge is 0.508 e. The van der Waals surface area contributed by atoms with Crippen molar-refractivity contribution in [2.45, 2.75) is 63.6 Å². The van der Waals surface area contributed by atoms with Crippen LogP contribution in [0.2, 0.25) is 0 Å². The topological polar surface area (TPSA) is 137 Å². The Morgan fingerprint density at radius 3 is 2.42 bits per heavy atom. The number of hydrogen-bond acceptors (Lipinski definition) is 8. The number of hydrogen-bond donors (Lipinski definition) is 5. The van der Waals surface area contributed by atoms with Crippen LogP contribution in [0.4, 0.5) is 0 Å². The fourth-order valence-corrected chi connectivity index (χ4v) is 6.41. The summed E-state index contributed by atoms with van der Waals surface area (Å²) in [6.45, 7) is 0.0833. The molecule has 5 rings (SSSR count). The molecule has 0 aromatic heterocycles. The lowest BCUT2D eigenvalue weighted by molar-refractivity contribution is -0.121. The molecule has 0 saturated carbocycles. The average molecular weight is 613 g/mol. The first-order valence-corrected chi connectivity index (χ1v) is 15.3. The van der Waals surface area contributed by atoms with Gasteiger partial charge in [-0.25, -0.2) is 0 Å². The van der Waals surface area contributed by atoms with E-state index in [0.717, 1.165) is 35.1 Å². The molecule has 1 aliphatic carbocycles. The first-order valence-electron chi connectivity index (χ1n) is 15.3. The summed E-state index contributed by atoms with van der Waals surface area (Å²) in [5, 5.41) is 52.5. The van der Waals surface area contributed by atoms with Gasteiger partial charge in [0.05, 0.1) is 13.2 Å². The van der Waals surface area contributed by atoms with Crippen LogP contribution in [0.3, 0.4) is 0 Å². The van der Waals surface area contributed by atoms with E-state index in [-0.39, 0.29) is 65.8 Å². The predicted molar refractivity (Wildman–Crippen MR) is 170 cm³/mol. The molecule has 0 fully saturated rings. The van der Waals surface area contributed by atoms with Crippen LogP contribution in [0.5, 0.6) is 34.5 Å². The number of phenols is 4. The Labute approximate surface area is 263 Å². The summed E-state index contributed by atoms with van der Waals surface area (Å²) in [5.74, 6) is -0.109. The van der Waals surface area contributed by atoms with Crippen LogP contribution in [0.25, 0.3) is 0 Å². The minimum atomic E-state index is -0.909. The number of fused-ring (bicyclic) bond motifs is 1. The number of ether oxygens (including phenoxy) is 2. The van der Waals surface area contributed by atoms with E-state index in [1.165, 1.54) is 13.2 Å². The van der Waals surface area contributed by atoms with E-state index in [1.54, 1.807) is 42.5 Å². The summed E-state index contributed by atoms with van der Waals surface area (Å²) in [5.41, 5.74) is 4.30. The molecule has 5 N–H and O–H groups in total. The molecule has 3 atom stereocenters. The molecule has 0 bridgehead atoms. The highest BCUT2D eigenvalue weighted by atomic mass is 16.5. The van der Waals surface area contributed by atoms with Crippen LogP contribution in [0, 0.1) is 5.92 Å². The van der Waals surface area contributed by atoms with Gasteiger partial charge in [0, 0.05) is 18.4 Å². The molecule has 0 radical (unpaired) electrons. The molecule has 4 aromatic carbocycles. The van der Waals surface area contributed by atoms with Gasteiger partial charge in [0.25, 0.3) is 0 Å². The average Bonchev–Trinajstić information content (AvgIpc) is 3.02. The lowest BCUT2D eigenvalue weighted by Crippen LogP contribution is -2.28. The second kappa shape index (κ2) is 14.4. The normalized spacial score (nSPS) is 16.5. The highest BCUT2D eigenvalue weighted by Gasteiger charge is 2.35. The van der Waals surface area contributed by atoms with E-state index in [4.69, 9.17) is 9.47 Å². The van der Waals surface area contributed by atoms with E-state index in [2.05, 4.69) is 12.1 Å². The summed E-state index contributed by atoms with van der Waals surface area (Å²) in [6, 6.07) is 23.3. The zero-order chi connectivity index (χ0) is 31.9. The minimum absolute atomic E-state index is 0.00989. The Morgan fingerprint density at radius 1 is 0.889 bits per heavy atom. The van der Waals surface area contributed by atoms with Crippen molar-refractivity contribution in [1.82, 2.24) is 0 Å². The molecular formula is C37H40O8. The SMILES string of the molecule is COc1cc(CCC(=O)CC(O)CC2c3cc(O)c(O)c(OCc4cccc(O)c4)c3CCC2Cc2ccccc2)ccc1O. The third-order valence-corrected chi connectivity index (χ3v) is 8.67. The van der Waals surface area contributed by atoms with Gasteiger partial charge in [0.1, 0.15) is 18.1 Å². The van der Waals surface area contributed by atoms with Crippen molar-refractivity contribution in [3.63, 3.8) is 0 Å². The monoisotopic (exact) mass is 612 g/mol. The number of aliphatic hydroxyl groups excluding tert-OH is 1. The van der Waals surface area contributed by atoms with Crippen molar-refractivity contribution >= 4 is 5.78 Å². The summed E-state index contributed by atoms with van der Waals surface area (Å²) >= 11 is 0. The highest BCUT2D eigenvalue weighted by molar-refractivity contribution is 5.79. The van der Waals surface area contributed by atoms with Gasteiger partial charge in [0.15, 0.2) is 23.0 Å². The zero-order valence-corrected chi connectivity index (χ0v) is 25.4. The number of carbonyl (C=O) groups is 1. The van der Waals surface area contributed by atoms with Crippen molar-refractivity contribution < 1.29 is 39.8 Å². The van der Waals surface area contributed by atoms with Crippen molar-refractivity contribution in [1.29, 1.82) is 0 Å². The van der Waals surface area contributed by atoms with Crippen LogP contribution >= 0.6 is 0 Å². The van der Waals surface area contributed by atoms with Crippen molar-refractivity contribution in [2.24, 2.45) is 5.92 Å². The number of methoxy groups -OCH3 is 1. The summed E-state index contributed by atoms with van der Waals surface area (Å²) in [4.78, 5) is 13.0. The fourth-order valence-electron chi connectivity index (χ4n) is 6.41. The standard InChI is InChI=1S/C37H40O8/c1-44-35-18-24(11-15-33(35)41)10-13-28(39)19-29(40)20-31-26(16-23-6-3-2-4-7-23)12-14-30-32(31)21-34(42)36(43)37(30)45-22-25-8-5-9-27(38)17-25/h2-9,11,15,17-18,21,26,29,31,38,40-43H,10,12-14,16,19-20,22H2,1H3. The Balaban J connectivity index is 1.35. The smallest absolute Gasteiger partial charge is 0.200 e. The van der Waals surface area contributed by atoms with Crippen LogP contribution in [0.1, 0.15) is 59.4 Å². The fraction of sp³-hybridized carbons (Fsp3) is 0.324. The lowest BCUT2D eigenvalue weighted by Gasteiger charge is -2.36. The van der Waals surface area contributed by atoms with Crippen LogP contribution < -0.4 is 9.47 Å². The number of ketones is 1. The van der Waals surface area contributed by atoms with E-state index in [9.17, 15) is 30.3 Å². The first-order chi connectivity index (χ1) is 21.7. The van der Waals surface area contributed by atoms with Crippen molar-refractivity contribution in [2.75, 3.05) is 7.11 Å². The predicted octanol–water partition coefficient (Wildman–Crippen LogP) is 6.33. The molecule has 45 heavy (non-hydrogen) atoms. The van der Waals surface area contributed by atoms with Gasteiger partial charge in [-0.1, -0.05) is 48.5 Å². The van der Waals surface area contributed by atoms with Gasteiger partial charge < -0.3 is 35.0 Å². The molecule has 0 spiro atoms. The quantitative estimate of drug-likeness (QED) is 0.111. The molecule has 236 valence electrons. The first kappa shape index (κ1) is 31.7. The molecule has 0 heterocycles. The Morgan fingerprint density at radius 2 is 1.67 bits per heavy atom. The van der Waals surface area contributed by atoms with Crippen LogP contribution in [-0.4, -0.2) is 44.5 Å². The molecule has 1 aliphatic rings. The molecule has 0 aliphatic heterocycles. The summed E-state index contributed by atoms with van der Waals surface area (Å²) in [6.07, 6.45) is 2.22. The zero-order valence-electron chi connectivity index (χ0n) is 25.4. The van der Waals surface area contributed by atoms with Gasteiger partial charge in [-0.3, -0.25) is 4.79 Å². The number of phenolic OH excluding ortho intramolecular Hbond substituents is 4. The van der Waals surface area contributed by atoms with E-state index in [0.29, 0.717) is 30.6 Å². The number of aryl methyl sites for hydroxylation is 1. The van der Waals surface area contributed by atoms with Crippen LogP contribution in [-0.2, 0) is 30.7 Å². The van der Waals surface area contributed by atoms with E-state index >= 15 is 0 Å². The summed E-state index contributed by atoms with van der Waals surface area (Å²) in [7, 11) is 1.47. The number of Topliss-reactive ketones (excluding diaryl/α,β-unsaturated/α-hetero) is 1. The number of aromatic hydroxyl groups is 4. The van der Waals surface area contributed by atoms with Gasteiger partial charge >= 0.3 is 0 Å². The number of carbonyl (C=O) groups excluding carboxylic acids is 1. The second-order valence-corrected chi connectivity index (χ2v) is 11.8. The third kappa shape index (κ3) is 7.88. The van der Waals surface area contributed by atoms with Crippen molar-refractivity contribution in [3.8, 4) is 34.5 Å². The molecular weight excluding hydrogens is 572 g/mol. The molecule has 3 unspecified atom stereocenters. The Hall–Kier alpha value is -4.69. The summed E-state index contributed by atoms with van der Waals surface area (Å²) < 4.78 is 11.2. The molecule has 0 saturated heterocycles. The van der Waals surface area contributed by atoms with E-state index < -0.39 is 6.10 Å². The molecule has 0 amide bonds. The third-order valence-electron chi connectivity index (χ3n) is 8.67. The lowest BCUT2D eigenvalue weighted by atomic mass is 9.70. The van der Waals surface area contributed by atoms with E-state index in [1.807, 2.05) is 18.2 Å². The van der Waals surface area contributed by atoms with Gasteiger partial charge in [-0.05, 0) is 96.5 Å². The maximum absolute atomic E-state index is 13.0. The maximum Gasteiger partial charge on any atom is 0.200 e. The molecule has 4 aromatic rings. The number of benzene rings is 4. The maximum atomic E-state index is 13.0.